The first-order valence-electron chi connectivity index (χ1n) is 9.74. The minimum Gasteiger partial charge on any atom is -0.444 e. The minimum atomic E-state index is -4.79. The Morgan fingerprint density at radius 3 is 2.47 bits per heavy atom. The molecule has 0 N–H and O–H groups in total. The second kappa shape index (κ2) is 8.21. The van der Waals surface area contributed by atoms with Crippen LogP contribution in [0.4, 0.5) is 38.5 Å². The summed E-state index contributed by atoms with van der Waals surface area (Å²) in [4.78, 5) is 29.4. The molecule has 3 amide bonds. The molecule has 2 aromatic rings. The molecule has 170 valence electrons. The number of alkyl halides is 3. The molecule has 4 rings (SSSR count). The van der Waals surface area contributed by atoms with Crippen molar-refractivity contribution in [2.24, 2.45) is 0 Å². The number of carbonyl (C=O) groups excluding carboxylic acids is 2. The van der Waals surface area contributed by atoms with Crippen LogP contribution in [0.5, 0.6) is 5.75 Å². The maximum atomic E-state index is 13.4. The SMILES string of the molecule is CN(C(=O)O[C@@H]1C[C@H]2CN(c3ccc(OC(F)(F)F)cc3)C(=O)N2C1)c1cccc(F)c1. The number of ether oxygens (including phenoxy) is 2. The molecule has 0 unspecified atom stereocenters. The zero-order valence-electron chi connectivity index (χ0n) is 16.9. The second-order valence-corrected chi connectivity index (χ2v) is 7.52. The predicted molar refractivity (Wildman–Crippen MR) is 106 cm³/mol. The largest absolute Gasteiger partial charge is 0.573 e. The molecule has 2 aliphatic heterocycles. The van der Waals surface area contributed by atoms with Gasteiger partial charge in [0.05, 0.1) is 12.6 Å². The monoisotopic (exact) mass is 453 g/mol. The number of hydrogen-bond donors (Lipinski definition) is 0. The third-order valence-corrected chi connectivity index (χ3v) is 5.36. The summed E-state index contributed by atoms with van der Waals surface area (Å²) in [6.45, 7) is 0.504. The number of amides is 3. The fourth-order valence-corrected chi connectivity index (χ4v) is 3.87. The van der Waals surface area contributed by atoms with Gasteiger partial charge in [-0.3, -0.25) is 9.80 Å². The smallest absolute Gasteiger partial charge is 0.444 e. The Balaban J connectivity index is 1.35. The predicted octanol–water partition coefficient (Wildman–Crippen LogP) is 4.38. The van der Waals surface area contributed by atoms with E-state index in [0.29, 0.717) is 24.3 Å². The summed E-state index contributed by atoms with van der Waals surface area (Å²) in [7, 11) is 1.46. The average molecular weight is 453 g/mol. The Labute approximate surface area is 180 Å². The van der Waals surface area contributed by atoms with E-state index in [1.54, 1.807) is 11.0 Å². The highest BCUT2D eigenvalue weighted by Gasteiger charge is 2.46. The van der Waals surface area contributed by atoms with Crippen LogP contribution in [-0.4, -0.2) is 55.7 Å². The van der Waals surface area contributed by atoms with Crippen LogP contribution >= 0.6 is 0 Å². The van der Waals surface area contributed by atoms with Crippen LogP contribution in [0.15, 0.2) is 48.5 Å². The van der Waals surface area contributed by atoms with E-state index in [2.05, 4.69) is 4.74 Å². The van der Waals surface area contributed by atoms with Gasteiger partial charge >= 0.3 is 18.5 Å². The Hall–Kier alpha value is -3.50. The first kappa shape index (κ1) is 21.7. The van der Waals surface area contributed by atoms with E-state index >= 15 is 0 Å². The molecule has 2 atom stereocenters. The number of carbonyl (C=O) groups is 2. The summed E-state index contributed by atoms with van der Waals surface area (Å²) in [5.74, 6) is -0.852. The number of nitrogens with zero attached hydrogens (tertiary/aromatic N) is 3. The van der Waals surface area contributed by atoms with Crippen LogP contribution in [0, 0.1) is 5.82 Å². The van der Waals surface area contributed by atoms with Crippen molar-refractivity contribution in [2.75, 3.05) is 29.9 Å². The van der Waals surface area contributed by atoms with E-state index in [9.17, 15) is 27.2 Å². The van der Waals surface area contributed by atoms with Gasteiger partial charge in [-0.05, 0) is 42.5 Å². The number of benzene rings is 2. The summed E-state index contributed by atoms with van der Waals surface area (Å²) in [5, 5.41) is 0. The fourth-order valence-electron chi connectivity index (χ4n) is 3.87. The van der Waals surface area contributed by atoms with Crippen molar-refractivity contribution in [1.82, 2.24) is 4.90 Å². The number of anilines is 2. The zero-order valence-corrected chi connectivity index (χ0v) is 16.9. The van der Waals surface area contributed by atoms with Crippen LogP contribution in [0.25, 0.3) is 0 Å². The number of rotatable bonds is 4. The molecule has 32 heavy (non-hydrogen) atoms. The van der Waals surface area contributed by atoms with E-state index in [1.165, 1.54) is 47.2 Å². The number of halogens is 4. The van der Waals surface area contributed by atoms with Gasteiger partial charge in [-0.15, -0.1) is 13.2 Å². The van der Waals surface area contributed by atoms with Crippen LogP contribution in [0.3, 0.4) is 0 Å². The third kappa shape index (κ3) is 4.56. The lowest BCUT2D eigenvalue weighted by molar-refractivity contribution is -0.274. The molecule has 7 nitrogen and oxygen atoms in total. The van der Waals surface area contributed by atoms with Crippen molar-refractivity contribution in [3.8, 4) is 5.75 Å². The van der Waals surface area contributed by atoms with Gasteiger partial charge in [-0.1, -0.05) is 6.07 Å². The lowest BCUT2D eigenvalue weighted by atomic mass is 10.2. The average Bonchev–Trinajstić information content (AvgIpc) is 3.25. The van der Waals surface area contributed by atoms with Gasteiger partial charge in [0, 0.05) is 31.4 Å². The number of fused-ring (bicyclic) bond motifs is 1. The molecular formula is C21H19F4N3O4. The third-order valence-electron chi connectivity index (χ3n) is 5.36. The second-order valence-electron chi connectivity index (χ2n) is 7.52. The van der Waals surface area contributed by atoms with Gasteiger partial charge in [0.2, 0.25) is 0 Å². The molecule has 0 bridgehead atoms. The van der Waals surface area contributed by atoms with Crippen LogP contribution in [0.1, 0.15) is 6.42 Å². The van der Waals surface area contributed by atoms with Crippen molar-refractivity contribution in [2.45, 2.75) is 24.9 Å². The van der Waals surface area contributed by atoms with E-state index in [-0.39, 0.29) is 24.4 Å². The van der Waals surface area contributed by atoms with Crippen molar-refractivity contribution in [3.63, 3.8) is 0 Å². The minimum absolute atomic E-state index is 0.192. The highest BCUT2D eigenvalue weighted by Crippen LogP contribution is 2.33. The Morgan fingerprint density at radius 1 is 1.12 bits per heavy atom. The molecule has 0 aliphatic carbocycles. The topological polar surface area (TPSA) is 62.3 Å². The highest BCUT2D eigenvalue weighted by atomic mass is 19.4. The summed E-state index contributed by atoms with van der Waals surface area (Å²) in [6.07, 6.45) is -5.55. The van der Waals surface area contributed by atoms with Crippen LogP contribution in [0.2, 0.25) is 0 Å². The molecule has 0 radical (unpaired) electrons. The molecular weight excluding hydrogens is 434 g/mol. The van der Waals surface area contributed by atoms with Crippen molar-refractivity contribution >= 4 is 23.5 Å². The normalized spacial score (nSPS) is 20.3. The summed E-state index contributed by atoms with van der Waals surface area (Å²) in [6, 6.07) is 10.1. The van der Waals surface area contributed by atoms with Crippen molar-refractivity contribution in [3.05, 3.63) is 54.3 Å². The van der Waals surface area contributed by atoms with Gasteiger partial charge in [0.1, 0.15) is 17.7 Å². The molecule has 2 heterocycles. The fraction of sp³-hybridized carbons (Fsp3) is 0.333. The first-order chi connectivity index (χ1) is 15.1. The first-order valence-corrected chi connectivity index (χ1v) is 9.74. The van der Waals surface area contributed by atoms with Gasteiger partial charge in [0.15, 0.2) is 0 Å². The van der Waals surface area contributed by atoms with Gasteiger partial charge in [-0.25, -0.2) is 14.0 Å². The van der Waals surface area contributed by atoms with Crippen molar-refractivity contribution in [1.29, 1.82) is 0 Å². The molecule has 2 aliphatic rings. The van der Waals surface area contributed by atoms with Crippen LogP contribution in [-0.2, 0) is 4.74 Å². The van der Waals surface area contributed by atoms with E-state index in [1.807, 2.05) is 0 Å². The maximum absolute atomic E-state index is 13.4. The van der Waals surface area contributed by atoms with Gasteiger partial charge < -0.3 is 14.4 Å². The van der Waals surface area contributed by atoms with E-state index < -0.39 is 24.4 Å². The Morgan fingerprint density at radius 2 is 1.84 bits per heavy atom. The molecule has 0 saturated carbocycles. The van der Waals surface area contributed by atoms with Gasteiger partial charge in [-0.2, -0.15) is 0 Å². The Kier molecular flexibility index (Phi) is 5.57. The van der Waals surface area contributed by atoms with Gasteiger partial charge in [0.25, 0.3) is 0 Å². The zero-order chi connectivity index (χ0) is 23.0. The molecule has 0 spiro atoms. The molecule has 0 aromatic heterocycles. The summed E-state index contributed by atoms with van der Waals surface area (Å²) < 4.78 is 59.6. The summed E-state index contributed by atoms with van der Waals surface area (Å²) in [5.41, 5.74) is 0.784. The molecule has 2 aromatic carbocycles. The quantitative estimate of drug-likeness (QED) is 0.645. The summed E-state index contributed by atoms with van der Waals surface area (Å²) >= 11 is 0. The molecule has 2 fully saturated rings. The number of hydrogen-bond acceptors (Lipinski definition) is 4. The molecule has 2 saturated heterocycles. The van der Waals surface area contributed by atoms with E-state index in [0.717, 1.165) is 12.1 Å². The lowest BCUT2D eigenvalue weighted by Crippen LogP contribution is -2.36. The number of urea groups is 1. The van der Waals surface area contributed by atoms with Crippen LogP contribution < -0.4 is 14.5 Å². The standard InChI is InChI=1S/C21H19F4N3O4/c1-26(15-4-2-3-13(22)9-15)20(30)31-18-10-16-11-27(19(29)28(16)12-18)14-5-7-17(8-6-14)32-21(23,24)25/h2-9,16,18H,10-12H2,1H3/t16-,18+/m0/s1. The molecule has 11 heteroatoms. The Bertz CT molecular complexity index is 1010. The highest BCUT2D eigenvalue weighted by molar-refractivity contribution is 5.95. The maximum Gasteiger partial charge on any atom is 0.573 e. The van der Waals surface area contributed by atoms with E-state index in [4.69, 9.17) is 4.74 Å². The lowest BCUT2D eigenvalue weighted by Gasteiger charge is -2.22. The van der Waals surface area contributed by atoms with Crippen molar-refractivity contribution < 1.29 is 36.6 Å².